The van der Waals surface area contributed by atoms with Crippen LogP contribution in [-0.4, -0.2) is 46.7 Å². The third-order valence-corrected chi connectivity index (χ3v) is 10.1. The van der Waals surface area contributed by atoms with E-state index in [-0.39, 0.29) is 41.0 Å². The molecule has 3 amide bonds. The molecular weight excluding hydrogens is 408 g/mol. The van der Waals surface area contributed by atoms with E-state index in [1.807, 2.05) is 6.26 Å². The average molecular weight is 447 g/mol. The smallest absolute Gasteiger partial charge is 0.243 e. The molecule has 5 aliphatic carbocycles. The van der Waals surface area contributed by atoms with Crippen molar-refractivity contribution in [3.8, 4) is 0 Å². The van der Waals surface area contributed by atoms with E-state index in [0.29, 0.717) is 6.42 Å². The summed E-state index contributed by atoms with van der Waals surface area (Å²) in [6, 6.07) is -0.533. The molecule has 1 heterocycles. The summed E-state index contributed by atoms with van der Waals surface area (Å²) in [7, 11) is 0. The molecule has 172 valence electrons. The molecule has 5 saturated carbocycles. The maximum absolute atomic E-state index is 13.6. The Morgan fingerprint density at radius 2 is 1.55 bits per heavy atom. The number of likely N-dealkylation sites (tertiary alicyclic amines) is 1. The summed E-state index contributed by atoms with van der Waals surface area (Å²) in [4.78, 5) is 41.3. The predicted molar refractivity (Wildman–Crippen MR) is 122 cm³/mol. The van der Waals surface area contributed by atoms with Crippen LogP contribution in [-0.2, 0) is 14.4 Å². The van der Waals surface area contributed by atoms with Crippen molar-refractivity contribution in [1.82, 2.24) is 10.2 Å². The largest absolute Gasteiger partial charge is 0.351 e. The lowest BCUT2D eigenvalue weighted by atomic mass is 9.48. The minimum absolute atomic E-state index is 0.0848. The maximum atomic E-state index is 13.6. The van der Waals surface area contributed by atoms with Crippen molar-refractivity contribution in [2.45, 2.75) is 89.6 Å². The first-order valence-electron chi connectivity index (χ1n) is 12.6. The standard InChI is InChI=1S/C25H38N2O3S/c1-15(25-12-16-9-17(13-25)11-18(10-16)14-25)26-22(28)21(7-8-31-2)27-23(29)19-5-3-4-6-20(19)24(27)30/h15-21H,3-14H2,1-2H3,(H,26,28)/t15-,16?,17?,18?,19+,20+,21-,25?/m1/s1. The molecule has 1 saturated heterocycles. The number of hydrogen-bond acceptors (Lipinski definition) is 4. The molecule has 6 rings (SSSR count). The summed E-state index contributed by atoms with van der Waals surface area (Å²) in [5.41, 5.74) is 0.224. The molecule has 1 N–H and O–H groups in total. The average Bonchev–Trinajstić information content (AvgIpc) is 2.98. The second-order valence-electron chi connectivity index (χ2n) is 11.4. The van der Waals surface area contributed by atoms with E-state index in [1.54, 1.807) is 11.8 Å². The van der Waals surface area contributed by atoms with Gasteiger partial charge in [-0.1, -0.05) is 12.8 Å². The summed E-state index contributed by atoms with van der Waals surface area (Å²) < 4.78 is 0. The molecule has 0 aromatic heterocycles. The minimum Gasteiger partial charge on any atom is -0.351 e. The van der Waals surface area contributed by atoms with Crippen LogP contribution < -0.4 is 5.32 Å². The van der Waals surface area contributed by atoms with E-state index < -0.39 is 6.04 Å². The first kappa shape index (κ1) is 21.8. The number of hydrogen-bond donors (Lipinski definition) is 1. The van der Waals surface area contributed by atoms with E-state index in [1.165, 1.54) is 43.4 Å². The Labute approximate surface area is 190 Å². The van der Waals surface area contributed by atoms with Crippen molar-refractivity contribution in [2.75, 3.05) is 12.0 Å². The summed E-state index contributed by atoms with van der Waals surface area (Å²) in [6.07, 6.45) is 14.1. The van der Waals surface area contributed by atoms with Gasteiger partial charge in [-0.3, -0.25) is 19.3 Å². The molecule has 4 atom stereocenters. The third kappa shape index (κ3) is 3.75. The molecule has 0 aromatic carbocycles. The number of nitrogens with zero attached hydrogens (tertiary/aromatic N) is 1. The second kappa shape index (κ2) is 8.39. The summed E-state index contributed by atoms with van der Waals surface area (Å²) in [6.45, 7) is 2.18. The molecule has 5 nitrogen and oxygen atoms in total. The Kier molecular flexibility index (Phi) is 5.89. The third-order valence-electron chi connectivity index (χ3n) is 9.45. The zero-order valence-electron chi connectivity index (χ0n) is 19.1. The van der Waals surface area contributed by atoms with Crippen LogP contribution in [0.25, 0.3) is 0 Å². The Balaban J connectivity index is 1.32. The predicted octanol–water partition coefficient (Wildman–Crippen LogP) is 4.00. The van der Waals surface area contributed by atoms with Gasteiger partial charge in [0, 0.05) is 6.04 Å². The highest BCUT2D eigenvalue weighted by Crippen LogP contribution is 2.61. The molecule has 0 aromatic rings. The lowest BCUT2D eigenvalue weighted by molar-refractivity contribution is -0.149. The highest BCUT2D eigenvalue weighted by atomic mass is 32.2. The van der Waals surface area contributed by atoms with E-state index in [4.69, 9.17) is 0 Å². The van der Waals surface area contributed by atoms with Gasteiger partial charge in [-0.15, -0.1) is 0 Å². The number of thioether (sulfide) groups is 1. The maximum Gasteiger partial charge on any atom is 0.243 e. The quantitative estimate of drug-likeness (QED) is 0.600. The van der Waals surface area contributed by atoms with Gasteiger partial charge in [0.25, 0.3) is 0 Å². The fourth-order valence-corrected chi connectivity index (χ4v) is 8.73. The molecule has 0 spiro atoms. The van der Waals surface area contributed by atoms with Gasteiger partial charge < -0.3 is 5.32 Å². The van der Waals surface area contributed by atoms with Crippen molar-refractivity contribution >= 4 is 29.5 Å². The first-order chi connectivity index (χ1) is 14.9. The van der Waals surface area contributed by atoms with Crippen LogP contribution in [0.4, 0.5) is 0 Å². The lowest BCUT2D eigenvalue weighted by Crippen LogP contribution is -2.59. The van der Waals surface area contributed by atoms with Crippen molar-refractivity contribution < 1.29 is 14.4 Å². The van der Waals surface area contributed by atoms with Crippen LogP contribution in [0.5, 0.6) is 0 Å². The molecule has 0 radical (unpaired) electrons. The van der Waals surface area contributed by atoms with Gasteiger partial charge in [-0.05, 0) is 99.9 Å². The van der Waals surface area contributed by atoms with Crippen molar-refractivity contribution in [1.29, 1.82) is 0 Å². The molecule has 0 unspecified atom stereocenters. The first-order valence-corrected chi connectivity index (χ1v) is 14.0. The SMILES string of the molecule is CSCC[C@H](C(=O)N[C@H](C)C12CC3CC(CC(C3)C1)C2)N1C(=O)[C@H]2CCCC[C@@H]2C1=O. The number of amides is 3. The zero-order chi connectivity index (χ0) is 21.8. The molecule has 31 heavy (non-hydrogen) atoms. The Morgan fingerprint density at radius 1 is 1.03 bits per heavy atom. The topological polar surface area (TPSA) is 66.5 Å². The van der Waals surface area contributed by atoms with Crippen molar-refractivity contribution in [3.63, 3.8) is 0 Å². The van der Waals surface area contributed by atoms with Gasteiger partial charge in [0.05, 0.1) is 11.8 Å². The number of nitrogens with one attached hydrogen (secondary N) is 1. The van der Waals surface area contributed by atoms with E-state index in [9.17, 15) is 14.4 Å². The lowest BCUT2D eigenvalue weighted by Gasteiger charge is -2.59. The van der Waals surface area contributed by atoms with Gasteiger partial charge in [0.2, 0.25) is 17.7 Å². The number of fused-ring (bicyclic) bond motifs is 1. The van der Waals surface area contributed by atoms with Crippen LogP contribution >= 0.6 is 11.8 Å². The molecule has 6 heteroatoms. The fraction of sp³-hybridized carbons (Fsp3) is 0.880. The van der Waals surface area contributed by atoms with Crippen LogP contribution in [0.2, 0.25) is 0 Å². The molecule has 6 fully saturated rings. The summed E-state index contributed by atoms with van der Waals surface area (Å²) in [5.74, 6) is 2.64. The monoisotopic (exact) mass is 446 g/mol. The highest BCUT2D eigenvalue weighted by Gasteiger charge is 2.55. The van der Waals surface area contributed by atoms with E-state index in [0.717, 1.165) is 49.2 Å². The molecular formula is C25H38N2O3S. The van der Waals surface area contributed by atoms with E-state index in [2.05, 4.69) is 12.2 Å². The van der Waals surface area contributed by atoms with E-state index >= 15 is 0 Å². The molecule has 6 aliphatic rings. The normalized spacial score (nSPS) is 40.7. The van der Waals surface area contributed by atoms with Crippen molar-refractivity contribution in [2.24, 2.45) is 35.0 Å². The van der Waals surface area contributed by atoms with Crippen LogP contribution in [0.1, 0.15) is 77.6 Å². The van der Waals surface area contributed by atoms with Crippen LogP contribution in [0, 0.1) is 35.0 Å². The van der Waals surface area contributed by atoms with Gasteiger partial charge in [0.15, 0.2) is 0 Å². The Bertz CT molecular complexity index is 694. The number of imide groups is 1. The van der Waals surface area contributed by atoms with Gasteiger partial charge in [-0.2, -0.15) is 11.8 Å². The number of carbonyl (C=O) groups excluding carboxylic acids is 3. The summed E-state index contributed by atoms with van der Waals surface area (Å²) in [5, 5.41) is 3.35. The van der Waals surface area contributed by atoms with Gasteiger partial charge >= 0.3 is 0 Å². The Hall–Kier alpha value is -1.04. The number of rotatable bonds is 7. The zero-order valence-corrected chi connectivity index (χ0v) is 19.9. The van der Waals surface area contributed by atoms with Gasteiger partial charge in [-0.25, -0.2) is 0 Å². The fourth-order valence-electron chi connectivity index (χ4n) is 8.27. The highest BCUT2D eigenvalue weighted by molar-refractivity contribution is 7.98. The van der Waals surface area contributed by atoms with Gasteiger partial charge in [0.1, 0.15) is 6.04 Å². The van der Waals surface area contributed by atoms with Crippen molar-refractivity contribution in [3.05, 3.63) is 0 Å². The second-order valence-corrected chi connectivity index (χ2v) is 12.3. The van der Waals surface area contributed by atoms with Crippen LogP contribution in [0.3, 0.4) is 0 Å². The Morgan fingerprint density at radius 3 is 2.03 bits per heavy atom. The molecule has 4 bridgehead atoms. The van der Waals surface area contributed by atoms with Crippen LogP contribution in [0.15, 0.2) is 0 Å². The summed E-state index contributed by atoms with van der Waals surface area (Å²) >= 11 is 1.67. The molecule has 1 aliphatic heterocycles. The minimum atomic E-state index is -0.644. The number of carbonyl (C=O) groups is 3.